The standard InChI is InChI=1S/C14H25N3/c1-11-6-5-7-12(2)14(11)13(10-15)16-8-9-17(3)4/h5-7,13,16H,8-10,15H2,1-4H3. The van der Waals surface area contributed by atoms with E-state index in [2.05, 4.69) is 56.4 Å². The minimum Gasteiger partial charge on any atom is -0.329 e. The smallest absolute Gasteiger partial charge is 0.0450 e. The molecule has 0 spiro atoms. The van der Waals surface area contributed by atoms with E-state index >= 15 is 0 Å². The zero-order valence-corrected chi connectivity index (χ0v) is 11.5. The Morgan fingerprint density at radius 1 is 1.24 bits per heavy atom. The first-order valence-electron chi connectivity index (χ1n) is 6.20. The fourth-order valence-corrected chi connectivity index (χ4v) is 2.14. The van der Waals surface area contributed by atoms with E-state index in [-0.39, 0.29) is 6.04 Å². The lowest BCUT2D eigenvalue weighted by Crippen LogP contribution is -2.34. The van der Waals surface area contributed by atoms with Crippen LogP contribution in [-0.4, -0.2) is 38.6 Å². The third-order valence-corrected chi connectivity index (χ3v) is 3.08. The Kier molecular flexibility index (Phi) is 5.62. The average Bonchev–Trinajstić information content (AvgIpc) is 2.26. The first-order valence-corrected chi connectivity index (χ1v) is 6.20. The molecule has 0 radical (unpaired) electrons. The van der Waals surface area contributed by atoms with Crippen LogP contribution in [-0.2, 0) is 0 Å². The molecule has 0 heterocycles. The quantitative estimate of drug-likeness (QED) is 0.784. The summed E-state index contributed by atoms with van der Waals surface area (Å²) in [4.78, 5) is 2.17. The van der Waals surface area contributed by atoms with Gasteiger partial charge in [0, 0.05) is 25.7 Å². The van der Waals surface area contributed by atoms with Crippen molar-refractivity contribution in [2.24, 2.45) is 5.73 Å². The molecule has 0 fully saturated rings. The lowest BCUT2D eigenvalue weighted by Gasteiger charge is -2.22. The fraction of sp³-hybridized carbons (Fsp3) is 0.571. The van der Waals surface area contributed by atoms with Gasteiger partial charge < -0.3 is 16.0 Å². The number of rotatable bonds is 6. The average molecular weight is 235 g/mol. The van der Waals surface area contributed by atoms with E-state index in [0.717, 1.165) is 13.1 Å². The molecule has 17 heavy (non-hydrogen) atoms. The van der Waals surface area contributed by atoms with Crippen LogP contribution in [0.4, 0.5) is 0 Å². The van der Waals surface area contributed by atoms with Crippen LogP contribution in [0.15, 0.2) is 18.2 Å². The summed E-state index contributed by atoms with van der Waals surface area (Å²) in [7, 11) is 4.16. The Morgan fingerprint density at radius 2 is 1.82 bits per heavy atom. The maximum Gasteiger partial charge on any atom is 0.0450 e. The third-order valence-electron chi connectivity index (χ3n) is 3.08. The van der Waals surface area contributed by atoms with Crippen molar-refractivity contribution in [3.05, 3.63) is 34.9 Å². The molecule has 1 aromatic carbocycles. The maximum atomic E-state index is 5.88. The van der Waals surface area contributed by atoms with Crippen LogP contribution in [0.1, 0.15) is 22.7 Å². The molecule has 1 atom stereocenters. The summed E-state index contributed by atoms with van der Waals surface area (Å²) in [5.74, 6) is 0. The van der Waals surface area contributed by atoms with Gasteiger partial charge in [0.2, 0.25) is 0 Å². The number of likely N-dealkylation sites (N-methyl/N-ethyl adjacent to an activating group) is 1. The molecule has 0 amide bonds. The van der Waals surface area contributed by atoms with Crippen molar-refractivity contribution in [1.82, 2.24) is 10.2 Å². The molecule has 96 valence electrons. The van der Waals surface area contributed by atoms with Gasteiger partial charge in [0.15, 0.2) is 0 Å². The van der Waals surface area contributed by atoms with Gasteiger partial charge in [-0.1, -0.05) is 18.2 Å². The van der Waals surface area contributed by atoms with Crippen molar-refractivity contribution in [2.75, 3.05) is 33.7 Å². The lowest BCUT2D eigenvalue weighted by atomic mass is 9.96. The van der Waals surface area contributed by atoms with E-state index in [4.69, 9.17) is 5.73 Å². The molecule has 3 N–H and O–H groups in total. The Labute approximate surface area is 105 Å². The summed E-state index contributed by atoms with van der Waals surface area (Å²) in [6.45, 7) is 6.93. The van der Waals surface area contributed by atoms with Gasteiger partial charge in [-0.2, -0.15) is 0 Å². The number of aryl methyl sites for hydroxylation is 2. The zero-order chi connectivity index (χ0) is 12.8. The first-order chi connectivity index (χ1) is 8.06. The van der Waals surface area contributed by atoms with E-state index < -0.39 is 0 Å². The lowest BCUT2D eigenvalue weighted by molar-refractivity contribution is 0.385. The number of nitrogens with zero attached hydrogens (tertiary/aromatic N) is 1. The van der Waals surface area contributed by atoms with Gasteiger partial charge in [-0.05, 0) is 44.6 Å². The molecule has 0 aromatic heterocycles. The monoisotopic (exact) mass is 235 g/mol. The van der Waals surface area contributed by atoms with E-state index in [9.17, 15) is 0 Å². The molecule has 3 heteroatoms. The number of nitrogens with two attached hydrogens (primary N) is 1. The van der Waals surface area contributed by atoms with Crippen LogP contribution in [0.3, 0.4) is 0 Å². The molecule has 1 rings (SSSR count). The van der Waals surface area contributed by atoms with Crippen LogP contribution in [0.5, 0.6) is 0 Å². The number of benzene rings is 1. The largest absolute Gasteiger partial charge is 0.329 e. The second kappa shape index (κ2) is 6.74. The van der Waals surface area contributed by atoms with Crippen LogP contribution in [0, 0.1) is 13.8 Å². The van der Waals surface area contributed by atoms with Crippen molar-refractivity contribution in [3.8, 4) is 0 Å². The van der Waals surface area contributed by atoms with E-state index in [1.54, 1.807) is 0 Å². The molecule has 0 bridgehead atoms. The summed E-state index contributed by atoms with van der Waals surface area (Å²) >= 11 is 0. The van der Waals surface area contributed by atoms with Crippen LogP contribution in [0.2, 0.25) is 0 Å². The van der Waals surface area contributed by atoms with Crippen molar-refractivity contribution < 1.29 is 0 Å². The fourth-order valence-electron chi connectivity index (χ4n) is 2.14. The molecule has 1 unspecified atom stereocenters. The predicted molar refractivity (Wildman–Crippen MR) is 74.3 cm³/mol. The van der Waals surface area contributed by atoms with E-state index in [1.165, 1.54) is 16.7 Å². The van der Waals surface area contributed by atoms with Gasteiger partial charge >= 0.3 is 0 Å². The maximum absolute atomic E-state index is 5.88. The van der Waals surface area contributed by atoms with E-state index in [1.807, 2.05) is 0 Å². The number of hydrogen-bond acceptors (Lipinski definition) is 3. The molecule has 0 saturated carbocycles. The number of hydrogen-bond donors (Lipinski definition) is 2. The predicted octanol–water partition coefficient (Wildman–Crippen LogP) is 1.45. The van der Waals surface area contributed by atoms with Crippen LogP contribution >= 0.6 is 0 Å². The van der Waals surface area contributed by atoms with Gasteiger partial charge in [-0.15, -0.1) is 0 Å². The normalized spacial score (nSPS) is 13.1. The molecule has 0 aliphatic heterocycles. The first kappa shape index (κ1) is 14.2. The van der Waals surface area contributed by atoms with Gasteiger partial charge in [0.25, 0.3) is 0 Å². The van der Waals surface area contributed by atoms with Gasteiger partial charge in [0.05, 0.1) is 0 Å². The second-order valence-electron chi connectivity index (χ2n) is 4.85. The van der Waals surface area contributed by atoms with Gasteiger partial charge in [-0.3, -0.25) is 0 Å². The molecular formula is C14H25N3. The Balaban J connectivity index is 2.72. The molecule has 1 aromatic rings. The summed E-state index contributed by atoms with van der Waals surface area (Å²) < 4.78 is 0. The molecule has 3 nitrogen and oxygen atoms in total. The minimum absolute atomic E-state index is 0.260. The topological polar surface area (TPSA) is 41.3 Å². The third kappa shape index (κ3) is 4.11. The van der Waals surface area contributed by atoms with Crippen LogP contribution in [0.25, 0.3) is 0 Å². The molecular weight excluding hydrogens is 210 g/mol. The summed E-state index contributed by atoms with van der Waals surface area (Å²) in [6.07, 6.45) is 0. The summed E-state index contributed by atoms with van der Waals surface area (Å²) in [5.41, 5.74) is 9.87. The Morgan fingerprint density at radius 3 is 2.29 bits per heavy atom. The summed E-state index contributed by atoms with van der Waals surface area (Å²) in [5, 5.41) is 3.53. The van der Waals surface area contributed by atoms with Gasteiger partial charge in [0.1, 0.15) is 0 Å². The van der Waals surface area contributed by atoms with Gasteiger partial charge in [-0.25, -0.2) is 0 Å². The van der Waals surface area contributed by atoms with Crippen LogP contribution < -0.4 is 11.1 Å². The Hall–Kier alpha value is -0.900. The van der Waals surface area contributed by atoms with Crippen molar-refractivity contribution in [2.45, 2.75) is 19.9 Å². The number of nitrogens with one attached hydrogen (secondary N) is 1. The highest BCUT2D eigenvalue weighted by Gasteiger charge is 2.13. The molecule has 0 aliphatic rings. The minimum atomic E-state index is 0.260. The summed E-state index contributed by atoms with van der Waals surface area (Å²) in [6, 6.07) is 6.66. The Bertz CT molecular complexity index is 327. The highest BCUT2D eigenvalue weighted by Crippen LogP contribution is 2.20. The second-order valence-corrected chi connectivity index (χ2v) is 4.85. The molecule has 0 saturated heterocycles. The SMILES string of the molecule is Cc1cccc(C)c1C(CN)NCCN(C)C. The van der Waals surface area contributed by atoms with Crippen molar-refractivity contribution >= 4 is 0 Å². The highest BCUT2D eigenvalue weighted by atomic mass is 15.1. The highest BCUT2D eigenvalue weighted by molar-refractivity contribution is 5.36. The van der Waals surface area contributed by atoms with E-state index in [0.29, 0.717) is 6.54 Å². The van der Waals surface area contributed by atoms with Crippen molar-refractivity contribution in [1.29, 1.82) is 0 Å². The zero-order valence-electron chi connectivity index (χ0n) is 11.5. The van der Waals surface area contributed by atoms with Crippen molar-refractivity contribution in [3.63, 3.8) is 0 Å². The molecule has 0 aliphatic carbocycles.